The topological polar surface area (TPSA) is 39.7 Å². The maximum atomic E-state index is 5.62. The monoisotopic (exact) mass is 295 g/mol. The van der Waals surface area contributed by atoms with Crippen LogP contribution in [0.1, 0.15) is 32.3 Å². The normalized spacial score (nSPS) is 11.0. The lowest BCUT2D eigenvalue weighted by molar-refractivity contribution is 0.0688. The molecule has 0 aromatic heterocycles. The number of rotatable bonds is 12. The molecule has 0 aliphatic heterocycles. The molecule has 0 bridgehead atoms. The first-order valence-electron chi connectivity index (χ1n) is 7.75. The van der Waals surface area contributed by atoms with Crippen molar-refractivity contribution in [1.82, 2.24) is 5.32 Å². The molecule has 1 N–H and O–H groups in total. The standard InChI is InChI=1S/C17H29NO3/c1-15(2)21-17-8-6-16(7-9-17)14-18-10-4-5-11-20-13-12-19-3/h6-9,15,18H,4-5,10-14H2,1-3H3. The molecule has 0 fully saturated rings. The second-order valence-corrected chi connectivity index (χ2v) is 5.30. The highest BCUT2D eigenvalue weighted by Gasteiger charge is 1.98. The Labute approximate surface area is 128 Å². The Morgan fingerprint density at radius 3 is 2.43 bits per heavy atom. The third kappa shape index (κ3) is 9.45. The molecule has 0 spiro atoms. The molecule has 0 aliphatic carbocycles. The van der Waals surface area contributed by atoms with Crippen molar-refractivity contribution in [2.45, 2.75) is 39.3 Å². The summed E-state index contributed by atoms with van der Waals surface area (Å²) in [6.07, 6.45) is 2.43. The molecule has 1 rings (SSSR count). The minimum Gasteiger partial charge on any atom is -0.491 e. The van der Waals surface area contributed by atoms with E-state index in [1.807, 2.05) is 26.0 Å². The van der Waals surface area contributed by atoms with Crippen molar-refractivity contribution in [3.8, 4) is 5.75 Å². The molecule has 0 aliphatic rings. The van der Waals surface area contributed by atoms with Gasteiger partial charge in [-0.1, -0.05) is 12.1 Å². The molecule has 0 heterocycles. The third-order valence-electron chi connectivity index (χ3n) is 2.95. The summed E-state index contributed by atoms with van der Waals surface area (Å²) in [5.41, 5.74) is 1.28. The smallest absolute Gasteiger partial charge is 0.119 e. The van der Waals surface area contributed by atoms with Gasteiger partial charge in [0.25, 0.3) is 0 Å². The summed E-state index contributed by atoms with van der Waals surface area (Å²) in [6, 6.07) is 8.28. The van der Waals surface area contributed by atoms with E-state index in [1.165, 1.54) is 5.56 Å². The van der Waals surface area contributed by atoms with Crippen molar-refractivity contribution in [2.75, 3.05) is 33.5 Å². The van der Waals surface area contributed by atoms with Gasteiger partial charge in [0.15, 0.2) is 0 Å². The third-order valence-corrected chi connectivity index (χ3v) is 2.95. The number of benzene rings is 1. The Kier molecular flexibility index (Phi) is 9.87. The fourth-order valence-electron chi connectivity index (χ4n) is 1.89. The summed E-state index contributed by atoms with van der Waals surface area (Å²) in [4.78, 5) is 0. The molecule has 1 aromatic rings. The summed E-state index contributed by atoms with van der Waals surface area (Å²) in [6.45, 7) is 8.16. The van der Waals surface area contributed by atoms with Crippen molar-refractivity contribution in [2.24, 2.45) is 0 Å². The van der Waals surface area contributed by atoms with E-state index in [-0.39, 0.29) is 6.10 Å². The predicted octanol–water partition coefficient (Wildman–Crippen LogP) is 3.01. The van der Waals surface area contributed by atoms with Crippen molar-refractivity contribution < 1.29 is 14.2 Å². The predicted molar refractivity (Wildman–Crippen MR) is 85.8 cm³/mol. The first kappa shape index (κ1) is 18.0. The van der Waals surface area contributed by atoms with E-state index in [9.17, 15) is 0 Å². The highest BCUT2D eigenvalue weighted by atomic mass is 16.5. The largest absolute Gasteiger partial charge is 0.491 e. The molecule has 0 atom stereocenters. The van der Waals surface area contributed by atoms with Gasteiger partial charge in [-0.05, 0) is 50.9 Å². The van der Waals surface area contributed by atoms with Crippen LogP contribution in [0.4, 0.5) is 0 Å². The molecule has 0 unspecified atom stereocenters. The van der Waals surface area contributed by atoms with Gasteiger partial charge in [0.1, 0.15) is 5.75 Å². The summed E-state index contributed by atoms with van der Waals surface area (Å²) in [7, 11) is 1.69. The van der Waals surface area contributed by atoms with Crippen molar-refractivity contribution in [1.29, 1.82) is 0 Å². The Balaban J connectivity index is 2.02. The summed E-state index contributed by atoms with van der Waals surface area (Å²) in [5, 5.41) is 3.44. The van der Waals surface area contributed by atoms with E-state index in [0.717, 1.165) is 38.3 Å². The molecule has 0 saturated carbocycles. The first-order chi connectivity index (χ1) is 10.2. The highest BCUT2D eigenvalue weighted by Crippen LogP contribution is 2.13. The Morgan fingerprint density at radius 2 is 1.76 bits per heavy atom. The maximum Gasteiger partial charge on any atom is 0.119 e. The SMILES string of the molecule is COCCOCCCCNCc1ccc(OC(C)C)cc1. The van der Waals surface area contributed by atoms with Gasteiger partial charge in [0.05, 0.1) is 19.3 Å². The van der Waals surface area contributed by atoms with Gasteiger partial charge in [-0.3, -0.25) is 0 Å². The fraction of sp³-hybridized carbons (Fsp3) is 0.647. The van der Waals surface area contributed by atoms with E-state index in [2.05, 4.69) is 17.4 Å². The zero-order chi connectivity index (χ0) is 15.3. The number of ether oxygens (including phenoxy) is 3. The fourth-order valence-corrected chi connectivity index (χ4v) is 1.89. The van der Waals surface area contributed by atoms with Gasteiger partial charge in [-0.15, -0.1) is 0 Å². The van der Waals surface area contributed by atoms with Gasteiger partial charge in [-0.2, -0.15) is 0 Å². The zero-order valence-electron chi connectivity index (χ0n) is 13.6. The molecule has 120 valence electrons. The molecule has 0 amide bonds. The number of hydrogen-bond acceptors (Lipinski definition) is 4. The molecular formula is C17H29NO3. The second kappa shape index (κ2) is 11.5. The van der Waals surface area contributed by atoms with Gasteiger partial charge in [0, 0.05) is 20.3 Å². The van der Waals surface area contributed by atoms with E-state index < -0.39 is 0 Å². The lowest BCUT2D eigenvalue weighted by Crippen LogP contribution is -2.15. The van der Waals surface area contributed by atoms with Crippen LogP contribution in [0.5, 0.6) is 5.75 Å². The summed E-state index contributed by atoms with van der Waals surface area (Å²) < 4.78 is 16.0. The van der Waals surface area contributed by atoms with Crippen LogP contribution in [0.3, 0.4) is 0 Å². The Morgan fingerprint density at radius 1 is 1.00 bits per heavy atom. The van der Waals surface area contributed by atoms with Crippen LogP contribution in [-0.2, 0) is 16.0 Å². The van der Waals surface area contributed by atoms with Crippen molar-refractivity contribution >= 4 is 0 Å². The van der Waals surface area contributed by atoms with Crippen LogP contribution in [0.25, 0.3) is 0 Å². The number of nitrogens with one attached hydrogen (secondary N) is 1. The van der Waals surface area contributed by atoms with Crippen molar-refractivity contribution in [3.63, 3.8) is 0 Å². The van der Waals surface area contributed by atoms with Crippen LogP contribution in [0.15, 0.2) is 24.3 Å². The van der Waals surface area contributed by atoms with Crippen LogP contribution in [-0.4, -0.2) is 39.6 Å². The van der Waals surface area contributed by atoms with Crippen molar-refractivity contribution in [3.05, 3.63) is 29.8 Å². The minimum absolute atomic E-state index is 0.222. The van der Waals surface area contributed by atoms with Gasteiger partial charge >= 0.3 is 0 Å². The lowest BCUT2D eigenvalue weighted by atomic mass is 10.2. The minimum atomic E-state index is 0.222. The van der Waals surface area contributed by atoms with Gasteiger partial charge < -0.3 is 19.5 Å². The maximum absolute atomic E-state index is 5.62. The Bertz CT molecular complexity index is 352. The number of hydrogen-bond donors (Lipinski definition) is 1. The van der Waals surface area contributed by atoms with E-state index in [0.29, 0.717) is 13.2 Å². The number of unbranched alkanes of at least 4 members (excludes halogenated alkanes) is 1. The van der Waals surface area contributed by atoms with E-state index in [4.69, 9.17) is 14.2 Å². The first-order valence-corrected chi connectivity index (χ1v) is 7.75. The molecule has 1 aromatic carbocycles. The summed E-state index contributed by atoms with van der Waals surface area (Å²) >= 11 is 0. The van der Waals surface area contributed by atoms with Gasteiger partial charge in [0.2, 0.25) is 0 Å². The Hall–Kier alpha value is -1.10. The van der Waals surface area contributed by atoms with Gasteiger partial charge in [-0.25, -0.2) is 0 Å². The molecule has 4 nitrogen and oxygen atoms in total. The van der Waals surface area contributed by atoms with E-state index >= 15 is 0 Å². The van der Waals surface area contributed by atoms with Crippen LogP contribution in [0.2, 0.25) is 0 Å². The van der Waals surface area contributed by atoms with Crippen LogP contribution in [0, 0.1) is 0 Å². The lowest BCUT2D eigenvalue weighted by Gasteiger charge is -2.10. The highest BCUT2D eigenvalue weighted by molar-refractivity contribution is 5.27. The average molecular weight is 295 g/mol. The number of methoxy groups -OCH3 is 1. The molecule has 0 saturated heterocycles. The molecule has 0 radical (unpaired) electrons. The van der Waals surface area contributed by atoms with E-state index in [1.54, 1.807) is 7.11 Å². The zero-order valence-corrected chi connectivity index (χ0v) is 13.6. The average Bonchev–Trinajstić information content (AvgIpc) is 2.47. The second-order valence-electron chi connectivity index (χ2n) is 5.30. The quantitative estimate of drug-likeness (QED) is 0.602. The molecular weight excluding hydrogens is 266 g/mol. The molecule has 4 heteroatoms. The van der Waals surface area contributed by atoms with Crippen LogP contribution < -0.4 is 10.1 Å². The summed E-state index contributed by atoms with van der Waals surface area (Å²) in [5.74, 6) is 0.932. The van der Waals surface area contributed by atoms with Crippen LogP contribution >= 0.6 is 0 Å². The molecule has 21 heavy (non-hydrogen) atoms.